The van der Waals surface area contributed by atoms with Crippen LogP contribution in [0.15, 0.2) is 48.0 Å². The van der Waals surface area contributed by atoms with E-state index in [-0.39, 0.29) is 11.3 Å². The number of aliphatic hydroxyl groups excluding tert-OH is 1. The first-order valence-electron chi connectivity index (χ1n) is 11.0. The van der Waals surface area contributed by atoms with Crippen LogP contribution in [0.5, 0.6) is 11.5 Å². The molecule has 0 spiro atoms. The number of Topliss-reactive ketones (excluding diaryl/α,β-unsaturated/α-hetero) is 1. The van der Waals surface area contributed by atoms with Crippen LogP contribution in [0.4, 0.5) is 0 Å². The van der Waals surface area contributed by atoms with Gasteiger partial charge in [0, 0.05) is 23.7 Å². The Morgan fingerprint density at radius 3 is 2.34 bits per heavy atom. The van der Waals surface area contributed by atoms with Crippen molar-refractivity contribution in [3.05, 3.63) is 64.7 Å². The lowest BCUT2D eigenvalue weighted by Gasteiger charge is -2.27. The van der Waals surface area contributed by atoms with Crippen LogP contribution in [0.25, 0.3) is 5.76 Å². The molecule has 32 heavy (non-hydrogen) atoms. The minimum absolute atomic E-state index is 0.0813. The lowest BCUT2D eigenvalue weighted by atomic mass is 9.94. The number of aliphatic hydroxyl groups is 1. The third-order valence-corrected chi connectivity index (χ3v) is 5.85. The number of aryl methyl sites for hydroxylation is 1. The second kappa shape index (κ2) is 10.4. The Morgan fingerprint density at radius 2 is 1.72 bits per heavy atom. The van der Waals surface area contributed by atoms with Crippen LogP contribution in [0.1, 0.15) is 55.3 Å². The number of hydrogen-bond acceptors (Lipinski definition) is 5. The lowest BCUT2D eigenvalue weighted by molar-refractivity contribution is -0.139. The van der Waals surface area contributed by atoms with Crippen molar-refractivity contribution in [2.75, 3.05) is 20.8 Å². The van der Waals surface area contributed by atoms with E-state index >= 15 is 0 Å². The van der Waals surface area contributed by atoms with Crippen LogP contribution >= 0.6 is 0 Å². The van der Waals surface area contributed by atoms with Crippen molar-refractivity contribution < 1.29 is 24.2 Å². The Bertz CT molecular complexity index is 1010. The number of likely N-dealkylation sites (tertiary alicyclic amines) is 1. The first kappa shape index (κ1) is 23.4. The number of ketones is 1. The molecule has 1 saturated heterocycles. The molecule has 6 heteroatoms. The standard InChI is InChI=1S/C26H31NO5/c1-5-6-7-8-15-27-23(20-14-13-19(31-3)16-21(20)32-4)22(25(29)26(27)30)24(28)18-11-9-17(2)10-12-18/h9-14,16,23,28H,5-8,15H2,1-4H3/b24-22+/t23-/m0/s1. The van der Waals surface area contributed by atoms with Crippen molar-refractivity contribution in [1.29, 1.82) is 0 Å². The van der Waals surface area contributed by atoms with Crippen molar-refractivity contribution in [3.63, 3.8) is 0 Å². The van der Waals surface area contributed by atoms with Crippen molar-refractivity contribution >= 4 is 17.4 Å². The second-order valence-electron chi connectivity index (χ2n) is 8.03. The molecule has 0 unspecified atom stereocenters. The van der Waals surface area contributed by atoms with Crippen LogP contribution in [0.2, 0.25) is 0 Å². The van der Waals surface area contributed by atoms with Gasteiger partial charge < -0.3 is 19.5 Å². The molecule has 170 valence electrons. The molecule has 1 heterocycles. The molecular formula is C26H31NO5. The van der Waals surface area contributed by atoms with Crippen LogP contribution < -0.4 is 9.47 Å². The largest absolute Gasteiger partial charge is 0.507 e. The minimum atomic E-state index is -0.737. The Labute approximate surface area is 189 Å². The summed E-state index contributed by atoms with van der Waals surface area (Å²) >= 11 is 0. The minimum Gasteiger partial charge on any atom is -0.507 e. The molecule has 0 radical (unpaired) electrons. The van der Waals surface area contributed by atoms with Gasteiger partial charge in [0.05, 0.1) is 25.8 Å². The predicted octanol–water partition coefficient (Wildman–Crippen LogP) is 5.01. The van der Waals surface area contributed by atoms with E-state index in [4.69, 9.17) is 9.47 Å². The Balaban J connectivity index is 2.14. The molecular weight excluding hydrogens is 406 g/mol. The zero-order valence-corrected chi connectivity index (χ0v) is 19.2. The molecule has 6 nitrogen and oxygen atoms in total. The number of amides is 1. The smallest absolute Gasteiger partial charge is 0.295 e. The van der Waals surface area contributed by atoms with Gasteiger partial charge in [-0.15, -0.1) is 0 Å². The molecule has 2 aromatic carbocycles. The molecule has 1 aliphatic rings. The van der Waals surface area contributed by atoms with Gasteiger partial charge in [-0.05, 0) is 25.5 Å². The van der Waals surface area contributed by atoms with E-state index in [9.17, 15) is 14.7 Å². The third-order valence-electron chi connectivity index (χ3n) is 5.85. The molecule has 1 fully saturated rings. The summed E-state index contributed by atoms with van der Waals surface area (Å²) in [4.78, 5) is 27.7. The molecule has 0 bridgehead atoms. The number of nitrogens with zero attached hydrogens (tertiary/aromatic N) is 1. The number of carbonyl (C=O) groups excluding carboxylic acids is 2. The summed E-state index contributed by atoms with van der Waals surface area (Å²) < 4.78 is 10.9. The number of unbranched alkanes of at least 4 members (excludes halogenated alkanes) is 3. The highest BCUT2D eigenvalue weighted by Crippen LogP contribution is 2.43. The first-order chi connectivity index (χ1) is 15.4. The monoisotopic (exact) mass is 437 g/mol. The molecule has 0 aromatic heterocycles. The highest BCUT2D eigenvalue weighted by atomic mass is 16.5. The van der Waals surface area contributed by atoms with Gasteiger partial charge in [0.25, 0.3) is 11.7 Å². The van der Waals surface area contributed by atoms with Crippen molar-refractivity contribution in [2.24, 2.45) is 0 Å². The van der Waals surface area contributed by atoms with E-state index in [1.165, 1.54) is 7.11 Å². The van der Waals surface area contributed by atoms with Gasteiger partial charge in [0.2, 0.25) is 0 Å². The van der Waals surface area contributed by atoms with Crippen LogP contribution in [0.3, 0.4) is 0 Å². The lowest BCUT2D eigenvalue weighted by Crippen LogP contribution is -2.30. The van der Waals surface area contributed by atoms with E-state index < -0.39 is 17.7 Å². The van der Waals surface area contributed by atoms with Gasteiger partial charge in [-0.1, -0.05) is 56.0 Å². The fourth-order valence-corrected chi connectivity index (χ4v) is 4.05. The zero-order chi connectivity index (χ0) is 23.3. The highest BCUT2D eigenvalue weighted by Gasteiger charge is 2.46. The number of hydrogen-bond donors (Lipinski definition) is 1. The fraction of sp³-hybridized carbons (Fsp3) is 0.385. The SMILES string of the molecule is CCCCCCN1C(=O)C(=O)/C(=C(/O)c2ccc(C)cc2)[C@@H]1c1ccc(OC)cc1OC. The second-order valence-corrected chi connectivity index (χ2v) is 8.03. The first-order valence-corrected chi connectivity index (χ1v) is 11.0. The van der Waals surface area contributed by atoms with Gasteiger partial charge in [0.15, 0.2) is 0 Å². The van der Waals surface area contributed by atoms with Crippen molar-refractivity contribution in [1.82, 2.24) is 4.90 Å². The molecule has 0 aliphatic carbocycles. The molecule has 3 rings (SSSR count). The summed E-state index contributed by atoms with van der Waals surface area (Å²) in [5, 5.41) is 11.1. The number of carbonyl (C=O) groups is 2. The summed E-state index contributed by atoms with van der Waals surface area (Å²) in [6.07, 6.45) is 3.87. The van der Waals surface area contributed by atoms with Crippen LogP contribution in [-0.2, 0) is 9.59 Å². The third kappa shape index (κ3) is 4.64. The molecule has 1 N–H and O–H groups in total. The number of rotatable bonds is 9. The molecule has 0 saturated carbocycles. The van der Waals surface area contributed by atoms with Crippen LogP contribution in [0, 0.1) is 6.92 Å². The summed E-state index contributed by atoms with van der Waals surface area (Å²) in [6, 6.07) is 11.8. The quantitative estimate of drug-likeness (QED) is 0.258. The van der Waals surface area contributed by atoms with Gasteiger partial charge in [-0.2, -0.15) is 0 Å². The van der Waals surface area contributed by atoms with E-state index in [1.807, 2.05) is 19.1 Å². The molecule has 1 amide bonds. The summed E-state index contributed by atoms with van der Waals surface area (Å²) in [5.74, 6) is -0.365. The average Bonchev–Trinajstić information content (AvgIpc) is 3.06. The molecule has 1 aliphatic heterocycles. The van der Waals surface area contributed by atoms with E-state index in [2.05, 4.69) is 6.92 Å². The Morgan fingerprint density at radius 1 is 1.00 bits per heavy atom. The molecule has 1 atom stereocenters. The number of methoxy groups -OCH3 is 2. The van der Waals surface area contributed by atoms with E-state index in [1.54, 1.807) is 42.3 Å². The van der Waals surface area contributed by atoms with Crippen molar-refractivity contribution in [2.45, 2.75) is 45.6 Å². The van der Waals surface area contributed by atoms with Crippen LogP contribution in [-0.4, -0.2) is 42.5 Å². The summed E-state index contributed by atoms with van der Waals surface area (Å²) in [5.41, 5.74) is 2.25. The maximum absolute atomic E-state index is 13.1. The predicted molar refractivity (Wildman–Crippen MR) is 124 cm³/mol. The van der Waals surface area contributed by atoms with E-state index in [0.29, 0.717) is 29.2 Å². The summed E-state index contributed by atoms with van der Waals surface area (Å²) in [7, 11) is 3.09. The fourth-order valence-electron chi connectivity index (χ4n) is 4.05. The topological polar surface area (TPSA) is 76.1 Å². The molecule has 2 aromatic rings. The maximum Gasteiger partial charge on any atom is 0.295 e. The average molecular weight is 438 g/mol. The van der Waals surface area contributed by atoms with E-state index in [0.717, 1.165) is 31.2 Å². The number of benzene rings is 2. The van der Waals surface area contributed by atoms with Gasteiger partial charge in [-0.25, -0.2) is 0 Å². The zero-order valence-electron chi connectivity index (χ0n) is 19.2. The van der Waals surface area contributed by atoms with Gasteiger partial charge >= 0.3 is 0 Å². The van der Waals surface area contributed by atoms with Gasteiger partial charge in [-0.3, -0.25) is 9.59 Å². The maximum atomic E-state index is 13.1. The van der Waals surface area contributed by atoms with Gasteiger partial charge in [0.1, 0.15) is 17.3 Å². The Kier molecular flexibility index (Phi) is 7.57. The Hall–Kier alpha value is -3.28. The van der Waals surface area contributed by atoms with Crippen molar-refractivity contribution in [3.8, 4) is 11.5 Å². The number of ether oxygens (including phenoxy) is 2. The highest BCUT2D eigenvalue weighted by molar-refractivity contribution is 6.46. The summed E-state index contributed by atoms with van der Waals surface area (Å²) in [6.45, 7) is 4.49. The normalized spacial score (nSPS) is 17.6.